The van der Waals surface area contributed by atoms with Gasteiger partial charge in [-0.05, 0) is 30.9 Å². The highest BCUT2D eigenvalue weighted by atomic mass is 14.7. The summed E-state index contributed by atoms with van der Waals surface area (Å²) in [5, 5.41) is 9.37. The van der Waals surface area contributed by atoms with Gasteiger partial charge in [-0.1, -0.05) is 64.4 Å². The average Bonchev–Trinajstić information content (AvgIpc) is 2.48. The van der Waals surface area contributed by atoms with Crippen molar-refractivity contribution in [1.29, 1.82) is 5.26 Å². The molecule has 0 atom stereocenters. The lowest BCUT2D eigenvalue weighted by Gasteiger charge is -2.22. The normalized spacial score (nSPS) is 10.5. The molecule has 22 heavy (non-hydrogen) atoms. The average molecular weight is 294 g/mol. The summed E-state index contributed by atoms with van der Waals surface area (Å²) in [6, 6.07) is 12.7. The van der Waals surface area contributed by atoms with E-state index in [1.807, 2.05) is 20.8 Å². The predicted octanol–water partition coefficient (Wildman–Crippen LogP) is 5.56. The third-order valence-electron chi connectivity index (χ3n) is 3.47. The van der Waals surface area contributed by atoms with Crippen LogP contribution in [0.3, 0.4) is 0 Å². The zero-order valence-electron chi connectivity index (χ0n) is 14.8. The fraction of sp³-hybridized carbons (Fsp3) is 0.400. The quantitative estimate of drug-likeness (QED) is 0.690. The van der Waals surface area contributed by atoms with Gasteiger partial charge in [0.15, 0.2) is 0 Å². The summed E-state index contributed by atoms with van der Waals surface area (Å²) in [6.07, 6.45) is 0. The molecule has 0 aliphatic carbocycles. The molecule has 0 bridgehead atoms. The summed E-state index contributed by atoms with van der Waals surface area (Å²) in [4.78, 5) is 4.60. The lowest BCUT2D eigenvalue weighted by Crippen LogP contribution is -2.15. The Hall–Kier alpha value is -2.14. The first-order valence-electron chi connectivity index (χ1n) is 7.82. The largest absolute Gasteiger partial charge is 0.252 e. The van der Waals surface area contributed by atoms with Crippen molar-refractivity contribution in [2.24, 2.45) is 0 Å². The molecule has 0 saturated carbocycles. The van der Waals surface area contributed by atoms with Crippen molar-refractivity contribution >= 4 is 0 Å². The highest BCUT2D eigenvalue weighted by Crippen LogP contribution is 2.30. The fourth-order valence-corrected chi connectivity index (χ4v) is 2.28. The molecule has 1 aromatic carbocycles. The first kappa shape index (κ1) is 17.9. The van der Waals surface area contributed by atoms with Gasteiger partial charge in [0.1, 0.15) is 6.07 Å². The molecular weight excluding hydrogens is 268 g/mol. The van der Waals surface area contributed by atoms with E-state index < -0.39 is 0 Å². The van der Waals surface area contributed by atoms with Gasteiger partial charge in [0.2, 0.25) is 0 Å². The predicted molar refractivity (Wildman–Crippen MR) is 93.9 cm³/mol. The van der Waals surface area contributed by atoms with Gasteiger partial charge in [0.25, 0.3) is 0 Å². The minimum absolute atomic E-state index is 0.0712. The summed E-state index contributed by atoms with van der Waals surface area (Å²) in [5.74, 6) is 0. The van der Waals surface area contributed by atoms with Crippen molar-refractivity contribution < 1.29 is 0 Å². The Morgan fingerprint density at radius 1 is 1.00 bits per heavy atom. The van der Waals surface area contributed by atoms with Crippen LogP contribution in [0.4, 0.5) is 0 Å². The van der Waals surface area contributed by atoms with Gasteiger partial charge < -0.3 is 0 Å². The minimum Gasteiger partial charge on any atom is -0.252 e. The molecule has 0 spiro atoms. The van der Waals surface area contributed by atoms with Crippen LogP contribution in [0.15, 0.2) is 30.3 Å². The third-order valence-corrected chi connectivity index (χ3v) is 3.47. The molecule has 1 aromatic heterocycles. The van der Waals surface area contributed by atoms with Crippen LogP contribution in [0.5, 0.6) is 0 Å². The van der Waals surface area contributed by atoms with Crippen molar-refractivity contribution in [1.82, 2.24) is 4.98 Å². The number of rotatable bonds is 1. The molecule has 0 fully saturated rings. The molecule has 0 saturated heterocycles. The van der Waals surface area contributed by atoms with Crippen molar-refractivity contribution in [3.63, 3.8) is 0 Å². The van der Waals surface area contributed by atoms with Gasteiger partial charge in [-0.25, -0.2) is 0 Å². The van der Waals surface area contributed by atoms with E-state index in [4.69, 9.17) is 0 Å². The third kappa shape index (κ3) is 3.95. The van der Waals surface area contributed by atoms with E-state index in [0.29, 0.717) is 5.56 Å². The maximum Gasteiger partial charge on any atom is 0.101 e. The van der Waals surface area contributed by atoms with E-state index in [1.54, 1.807) is 0 Å². The number of pyridine rings is 1. The van der Waals surface area contributed by atoms with E-state index in [0.717, 1.165) is 22.5 Å². The number of hydrogen-bond donors (Lipinski definition) is 0. The molecular formula is C20H26N2. The Labute approximate surface area is 134 Å². The second kappa shape index (κ2) is 7.22. The fourth-order valence-electron chi connectivity index (χ4n) is 2.28. The van der Waals surface area contributed by atoms with Crippen molar-refractivity contribution in [2.75, 3.05) is 0 Å². The zero-order valence-corrected chi connectivity index (χ0v) is 14.8. The summed E-state index contributed by atoms with van der Waals surface area (Å²) in [6.45, 7) is 14.4. The van der Waals surface area contributed by atoms with Gasteiger partial charge in [0, 0.05) is 5.56 Å². The number of aromatic nitrogens is 1. The maximum absolute atomic E-state index is 9.37. The van der Waals surface area contributed by atoms with Gasteiger partial charge >= 0.3 is 0 Å². The number of aryl methyl sites for hydroxylation is 2. The lowest BCUT2D eigenvalue weighted by molar-refractivity contribution is 0.587. The summed E-state index contributed by atoms with van der Waals surface area (Å²) >= 11 is 0. The zero-order chi connectivity index (χ0) is 16.9. The van der Waals surface area contributed by atoms with Crippen LogP contribution < -0.4 is 0 Å². The van der Waals surface area contributed by atoms with E-state index >= 15 is 0 Å². The highest BCUT2D eigenvalue weighted by molar-refractivity contribution is 5.63. The minimum atomic E-state index is -0.0712. The molecule has 0 aliphatic heterocycles. The van der Waals surface area contributed by atoms with Crippen LogP contribution in [-0.4, -0.2) is 4.98 Å². The molecule has 0 radical (unpaired) electrons. The summed E-state index contributed by atoms with van der Waals surface area (Å²) < 4.78 is 0. The molecule has 2 rings (SSSR count). The lowest BCUT2D eigenvalue weighted by atomic mass is 9.83. The molecule has 0 N–H and O–H groups in total. The number of hydrogen-bond acceptors (Lipinski definition) is 2. The topological polar surface area (TPSA) is 36.7 Å². The van der Waals surface area contributed by atoms with Gasteiger partial charge in [-0.15, -0.1) is 0 Å². The number of nitrogens with zero attached hydrogens (tertiary/aromatic N) is 2. The van der Waals surface area contributed by atoms with Gasteiger partial charge in [-0.2, -0.15) is 5.26 Å². The Bertz CT molecular complexity index is 669. The molecule has 1 heterocycles. The van der Waals surface area contributed by atoms with Gasteiger partial charge in [-0.3, -0.25) is 4.98 Å². The first-order valence-corrected chi connectivity index (χ1v) is 7.82. The molecule has 2 nitrogen and oxygen atoms in total. The maximum atomic E-state index is 9.37. The molecule has 2 heteroatoms. The second-order valence-electron chi connectivity index (χ2n) is 6.24. The Kier molecular flexibility index (Phi) is 5.88. The molecule has 0 unspecified atom stereocenters. The van der Waals surface area contributed by atoms with Crippen LogP contribution in [0.2, 0.25) is 0 Å². The van der Waals surface area contributed by atoms with Crippen LogP contribution in [0, 0.1) is 25.2 Å². The molecule has 116 valence electrons. The summed E-state index contributed by atoms with van der Waals surface area (Å²) in [5.41, 5.74) is 5.75. The van der Waals surface area contributed by atoms with E-state index in [9.17, 15) is 5.26 Å². The standard InChI is InChI=1S/C18H20N2.C2H6/c1-12-6-8-14(9-7-12)17-10-16(18(3,4)5)15(11-19)13(2)20-17;1-2/h6-10H,1-5H3;1-2H3. The number of nitriles is 1. The second-order valence-corrected chi connectivity index (χ2v) is 6.24. The highest BCUT2D eigenvalue weighted by Gasteiger charge is 2.21. The van der Waals surface area contributed by atoms with E-state index in [1.165, 1.54) is 5.56 Å². The van der Waals surface area contributed by atoms with E-state index in [2.05, 4.69) is 69.1 Å². The van der Waals surface area contributed by atoms with Crippen LogP contribution in [0.25, 0.3) is 11.3 Å². The van der Waals surface area contributed by atoms with Gasteiger partial charge in [0.05, 0.1) is 17.0 Å². The van der Waals surface area contributed by atoms with E-state index in [-0.39, 0.29) is 5.41 Å². The van der Waals surface area contributed by atoms with Crippen molar-refractivity contribution in [3.8, 4) is 17.3 Å². The SMILES string of the molecule is CC.Cc1ccc(-c2cc(C(C)(C)C)c(C#N)c(C)n2)cc1. The van der Waals surface area contributed by atoms with Crippen LogP contribution >= 0.6 is 0 Å². The van der Waals surface area contributed by atoms with Crippen LogP contribution in [0.1, 0.15) is 57.0 Å². The monoisotopic (exact) mass is 294 g/mol. The number of benzene rings is 1. The first-order chi connectivity index (χ1) is 10.3. The Balaban J connectivity index is 0.00000116. The molecule has 0 amide bonds. The molecule has 2 aromatic rings. The molecule has 0 aliphatic rings. The van der Waals surface area contributed by atoms with Crippen LogP contribution in [-0.2, 0) is 5.41 Å². The summed E-state index contributed by atoms with van der Waals surface area (Å²) in [7, 11) is 0. The smallest absolute Gasteiger partial charge is 0.101 e. The van der Waals surface area contributed by atoms with Crippen molar-refractivity contribution in [3.05, 3.63) is 52.7 Å². The Morgan fingerprint density at radius 3 is 2.00 bits per heavy atom. The van der Waals surface area contributed by atoms with Crippen molar-refractivity contribution in [2.45, 2.75) is 53.9 Å². The Morgan fingerprint density at radius 2 is 1.55 bits per heavy atom.